The molecule has 0 aromatic carbocycles. The van der Waals surface area contributed by atoms with Crippen LogP contribution in [0.25, 0.3) is 22.1 Å². The predicted octanol–water partition coefficient (Wildman–Crippen LogP) is 3.30. The molecule has 1 aliphatic rings. The topological polar surface area (TPSA) is 71.0 Å². The molecule has 1 N–H and O–H groups in total. The average Bonchev–Trinajstić information content (AvgIpc) is 3.36. The second-order valence-corrected chi connectivity index (χ2v) is 7.13. The predicted molar refractivity (Wildman–Crippen MR) is 103 cm³/mol. The smallest absolute Gasteiger partial charge is 0.239 e. The molecule has 26 heavy (non-hydrogen) atoms. The van der Waals surface area contributed by atoms with E-state index in [1.807, 2.05) is 35.7 Å². The van der Waals surface area contributed by atoms with E-state index >= 15 is 0 Å². The lowest BCUT2D eigenvalue weighted by atomic mass is 10.2. The number of rotatable bonds is 5. The number of pyridine rings is 1. The Bertz CT molecular complexity index is 876. The first kappa shape index (κ1) is 16.8. The molecule has 0 aliphatic carbocycles. The third-order valence-electron chi connectivity index (χ3n) is 4.23. The highest BCUT2D eigenvalue weighted by Crippen LogP contribution is 2.26. The number of carbonyl (C=O) groups is 1. The highest BCUT2D eigenvalue weighted by Gasteiger charge is 2.17. The molecule has 132 valence electrons. The van der Waals surface area contributed by atoms with Crippen LogP contribution in [0.1, 0.15) is 12.8 Å². The molecule has 0 unspecified atom stereocenters. The van der Waals surface area contributed by atoms with Gasteiger partial charge in [-0.1, -0.05) is 12.1 Å². The third-order valence-corrected chi connectivity index (χ3v) is 5.09. The van der Waals surface area contributed by atoms with Crippen LogP contribution < -0.4 is 5.32 Å². The molecule has 4 rings (SSSR count). The van der Waals surface area contributed by atoms with E-state index in [0.29, 0.717) is 23.9 Å². The van der Waals surface area contributed by atoms with E-state index in [1.54, 1.807) is 23.6 Å². The number of carbonyl (C=O) groups excluding carboxylic acids is 1. The lowest BCUT2D eigenvalue weighted by molar-refractivity contribution is -0.117. The first-order valence-electron chi connectivity index (χ1n) is 8.64. The number of anilines is 1. The summed E-state index contributed by atoms with van der Waals surface area (Å²) < 4.78 is 0. The molecule has 1 aliphatic heterocycles. The summed E-state index contributed by atoms with van der Waals surface area (Å²) >= 11 is 1.57. The average molecular weight is 365 g/mol. The monoisotopic (exact) mass is 365 g/mol. The van der Waals surface area contributed by atoms with Gasteiger partial charge in [-0.3, -0.25) is 14.7 Å². The van der Waals surface area contributed by atoms with Gasteiger partial charge in [-0.25, -0.2) is 9.97 Å². The summed E-state index contributed by atoms with van der Waals surface area (Å²) in [4.78, 5) is 29.0. The minimum absolute atomic E-state index is 0.0466. The van der Waals surface area contributed by atoms with Gasteiger partial charge in [0.1, 0.15) is 5.82 Å². The van der Waals surface area contributed by atoms with E-state index < -0.39 is 0 Å². The summed E-state index contributed by atoms with van der Waals surface area (Å²) in [6, 6.07) is 11.4. The first-order valence-corrected chi connectivity index (χ1v) is 9.52. The zero-order chi connectivity index (χ0) is 17.8. The van der Waals surface area contributed by atoms with Crippen molar-refractivity contribution < 1.29 is 4.79 Å². The van der Waals surface area contributed by atoms with Crippen LogP contribution in [-0.4, -0.2) is 45.4 Å². The van der Waals surface area contributed by atoms with Crippen molar-refractivity contribution in [2.45, 2.75) is 12.8 Å². The van der Waals surface area contributed by atoms with Gasteiger partial charge in [0.25, 0.3) is 0 Å². The normalized spacial score (nSPS) is 14.5. The van der Waals surface area contributed by atoms with Crippen LogP contribution in [0.3, 0.4) is 0 Å². The van der Waals surface area contributed by atoms with E-state index in [0.717, 1.165) is 36.5 Å². The Balaban J connectivity index is 1.62. The van der Waals surface area contributed by atoms with E-state index in [2.05, 4.69) is 25.2 Å². The van der Waals surface area contributed by atoms with Crippen LogP contribution in [0, 0.1) is 0 Å². The van der Waals surface area contributed by atoms with Gasteiger partial charge in [-0.05, 0) is 49.5 Å². The molecule has 3 aromatic rings. The molecule has 1 amide bonds. The third kappa shape index (κ3) is 3.95. The van der Waals surface area contributed by atoms with Gasteiger partial charge in [0.05, 0.1) is 22.8 Å². The fourth-order valence-electron chi connectivity index (χ4n) is 3.00. The SMILES string of the molecule is O=C(CN1CCCC1)Nc1cc(-c2ccccn2)nc(-c2cccs2)n1. The molecule has 0 atom stereocenters. The Morgan fingerprint density at radius 3 is 2.73 bits per heavy atom. The minimum Gasteiger partial charge on any atom is -0.309 e. The summed E-state index contributed by atoms with van der Waals surface area (Å²) in [6.45, 7) is 2.37. The Morgan fingerprint density at radius 1 is 1.12 bits per heavy atom. The maximum Gasteiger partial charge on any atom is 0.239 e. The van der Waals surface area contributed by atoms with Crippen LogP contribution >= 0.6 is 11.3 Å². The van der Waals surface area contributed by atoms with Crippen molar-refractivity contribution >= 4 is 23.1 Å². The van der Waals surface area contributed by atoms with Crippen LogP contribution in [0.15, 0.2) is 48.0 Å². The summed E-state index contributed by atoms with van der Waals surface area (Å²) in [5.74, 6) is 1.06. The summed E-state index contributed by atoms with van der Waals surface area (Å²) in [6.07, 6.45) is 4.05. The fourth-order valence-corrected chi connectivity index (χ4v) is 3.66. The number of thiophene rings is 1. The van der Waals surface area contributed by atoms with Gasteiger partial charge < -0.3 is 5.32 Å². The van der Waals surface area contributed by atoms with Crippen LogP contribution in [0.2, 0.25) is 0 Å². The van der Waals surface area contributed by atoms with Gasteiger partial charge in [0, 0.05) is 12.3 Å². The molecule has 6 nitrogen and oxygen atoms in total. The van der Waals surface area contributed by atoms with Gasteiger partial charge >= 0.3 is 0 Å². The molecule has 0 saturated carbocycles. The van der Waals surface area contributed by atoms with Gasteiger partial charge in [0.2, 0.25) is 5.91 Å². The molecule has 0 bridgehead atoms. The van der Waals surface area contributed by atoms with E-state index in [1.165, 1.54) is 0 Å². The van der Waals surface area contributed by atoms with Crippen molar-refractivity contribution in [1.29, 1.82) is 0 Å². The van der Waals surface area contributed by atoms with Crippen molar-refractivity contribution in [1.82, 2.24) is 19.9 Å². The fraction of sp³-hybridized carbons (Fsp3) is 0.263. The number of aromatic nitrogens is 3. The molecule has 1 saturated heterocycles. The summed E-state index contributed by atoms with van der Waals surface area (Å²) in [7, 11) is 0. The van der Waals surface area contributed by atoms with Crippen LogP contribution in [0.5, 0.6) is 0 Å². The van der Waals surface area contributed by atoms with Crippen molar-refractivity contribution in [3.8, 4) is 22.1 Å². The zero-order valence-corrected chi connectivity index (χ0v) is 15.1. The van der Waals surface area contributed by atoms with Gasteiger partial charge in [0.15, 0.2) is 5.82 Å². The zero-order valence-electron chi connectivity index (χ0n) is 14.3. The van der Waals surface area contributed by atoms with Gasteiger partial charge in [-0.2, -0.15) is 0 Å². The van der Waals surface area contributed by atoms with E-state index in [4.69, 9.17) is 0 Å². The number of amides is 1. The van der Waals surface area contributed by atoms with Crippen LogP contribution in [0.4, 0.5) is 5.82 Å². The molecule has 3 aromatic heterocycles. The number of hydrogen-bond acceptors (Lipinski definition) is 6. The van der Waals surface area contributed by atoms with Gasteiger partial charge in [-0.15, -0.1) is 11.3 Å². The molecular weight excluding hydrogens is 346 g/mol. The summed E-state index contributed by atoms with van der Waals surface area (Å²) in [5, 5.41) is 4.91. The van der Waals surface area contributed by atoms with Crippen molar-refractivity contribution in [2.75, 3.05) is 25.0 Å². The first-order chi connectivity index (χ1) is 12.8. The molecule has 1 fully saturated rings. The van der Waals surface area contributed by atoms with Crippen molar-refractivity contribution in [3.63, 3.8) is 0 Å². The summed E-state index contributed by atoms with van der Waals surface area (Å²) in [5.41, 5.74) is 1.45. The van der Waals surface area contributed by atoms with E-state index in [-0.39, 0.29) is 5.91 Å². The standard InChI is InChI=1S/C19H19N5OS/c25-18(13-24-9-3-4-10-24)22-17-12-15(14-6-1-2-8-20-14)21-19(23-17)16-7-5-11-26-16/h1-2,5-8,11-12H,3-4,9-10,13H2,(H,21,22,23,25). The highest BCUT2D eigenvalue weighted by atomic mass is 32.1. The lowest BCUT2D eigenvalue weighted by Gasteiger charge is -2.14. The maximum atomic E-state index is 12.4. The van der Waals surface area contributed by atoms with Crippen molar-refractivity contribution in [3.05, 3.63) is 48.0 Å². The highest BCUT2D eigenvalue weighted by molar-refractivity contribution is 7.13. The Labute approximate surface area is 155 Å². The van der Waals surface area contributed by atoms with Crippen molar-refractivity contribution in [2.24, 2.45) is 0 Å². The number of likely N-dealkylation sites (tertiary alicyclic amines) is 1. The molecule has 7 heteroatoms. The Morgan fingerprint density at radius 2 is 2.00 bits per heavy atom. The quantitative estimate of drug-likeness (QED) is 0.751. The Hall–Kier alpha value is -2.64. The van der Waals surface area contributed by atoms with Crippen LogP contribution in [-0.2, 0) is 4.79 Å². The second kappa shape index (κ2) is 7.72. The number of nitrogens with zero attached hydrogens (tertiary/aromatic N) is 4. The number of hydrogen-bond donors (Lipinski definition) is 1. The lowest BCUT2D eigenvalue weighted by Crippen LogP contribution is -2.31. The molecular formula is C19H19N5OS. The number of nitrogens with one attached hydrogen (secondary N) is 1. The molecule has 0 spiro atoms. The second-order valence-electron chi connectivity index (χ2n) is 6.19. The molecule has 4 heterocycles. The molecule has 0 radical (unpaired) electrons. The Kier molecular flexibility index (Phi) is 4.99. The minimum atomic E-state index is -0.0466. The largest absolute Gasteiger partial charge is 0.309 e. The maximum absolute atomic E-state index is 12.4. The van der Waals surface area contributed by atoms with E-state index in [9.17, 15) is 4.79 Å².